The molecule has 21 heavy (non-hydrogen) atoms. The number of thioether (sulfide) groups is 2. The first-order valence-corrected chi connectivity index (χ1v) is 10.5. The van der Waals surface area contributed by atoms with E-state index in [1.165, 1.54) is 30.7 Å². The molecule has 0 unspecified atom stereocenters. The van der Waals surface area contributed by atoms with Gasteiger partial charge < -0.3 is 0 Å². The SMILES string of the molecule is CCc1cc(Sc2ccc(SC)c(CC)c2)ccc1SC. The summed E-state index contributed by atoms with van der Waals surface area (Å²) in [5.41, 5.74) is 2.90. The Hall–Kier alpha value is -0.510. The second kappa shape index (κ2) is 8.21. The summed E-state index contributed by atoms with van der Waals surface area (Å²) in [7, 11) is 0. The standard InChI is InChI=1S/C18H22S3/c1-5-13-11-15(7-9-17(13)19-3)21-16-8-10-18(20-4)14(6-2)12-16/h7-12H,5-6H2,1-4H3. The molecule has 0 saturated heterocycles. The van der Waals surface area contributed by atoms with Crippen molar-refractivity contribution >= 4 is 35.3 Å². The Balaban J connectivity index is 2.25. The zero-order chi connectivity index (χ0) is 15.2. The van der Waals surface area contributed by atoms with Crippen LogP contribution >= 0.6 is 35.3 Å². The molecule has 0 aliphatic heterocycles. The number of aryl methyl sites for hydroxylation is 2. The first-order valence-electron chi connectivity index (χ1n) is 7.23. The maximum absolute atomic E-state index is 2.34. The molecule has 3 heteroatoms. The molecule has 2 rings (SSSR count). The normalized spacial score (nSPS) is 10.9. The smallest absolute Gasteiger partial charge is 0.0125 e. The molecule has 0 amide bonds. The van der Waals surface area contributed by atoms with Gasteiger partial charge in [0.25, 0.3) is 0 Å². The van der Waals surface area contributed by atoms with Gasteiger partial charge in [-0.15, -0.1) is 23.5 Å². The van der Waals surface area contributed by atoms with E-state index in [0.29, 0.717) is 0 Å². The highest BCUT2D eigenvalue weighted by Crippen LogP contribution is 2.34. The lowest BCUT2D eigenvalue weighted by molar-refractivity contribution is 1.06. The van der Waals surface area contributed by atoms with Crippen LogP contribution in [0, 0.1) is 0 Å². The summed E-state index contributed by atoms with van der Waals surface area (Å²) in [5.74, 6) is 0. The molecule has 0 radical (unpaired) electrons. The molecule has 2 aromatic rings. The van der Waals surface area contributed by atoms with E-state index in [0.717, 1.165) is 12.8 Å². The number of hydrogen-bond donors (Lipinski definition) is 0. The van der Waals surface area contributed by atoms with Crippen molar-refractivity contribution in [3.8, 4) is 0 Å². The van der Waals surface area contributed by atoms with Crippen LogP contribution in [0.3, 0.4) is 0 Å². The molecule has 2 aromatic carbocycles. The predicted molar refractivity (Wildman–Crippen MR) is 99.3 cm³/mol. The maximum atomic E-state index is 2.34. The lowest BCUT2D eigenvalue weighted by Crippen LogP contribution is -1.88. The van der Waals surface area contributed by atoms with Crippen LogP contribution in [0.4, 0.5) is 0 Å². The van der Waals surface area contributed by atoms with Gasteiger partial charge in [0.2, 0.25) is 0 Å². The summed E-state index contributed by atoms with van der Waals surface area (Å²) < 4.78 is 0. The molecule has 0 atom stereocenters. The van der Waals surface area contributed by atoms with E-state index in [4.69, 9.17) is 0 Å². The monoisotopic (exact) mass is 334 g/mol. The summed E-state index contributed by atoms with van der Waals surface area (Å²) >= 11 is 5.53. The van der Waals surface area contributed by atoms with E-state index in [1.54, 1.807) is 0 Å². The molecule has 0 spiro atoms. The second-order valence-electron chi connectivity index (χ2n) is 4.76. The largest absolute Gasteiger partial charge is 0.129 e. The van der Waals surface area contributed by atoms with Gasteiger partial charge in [-0.3, -0.25) is 0 Å². The van der Waals surface area contributed by atoms with Crippen molar-refractivity contribution < 1.29 is 0 Å². The molecule has 112 valence electrons. The molecule has 0 saturated carbocycles. The summed E-state index contributed by atoms with van der Waals surface area (Å²) in [6.07, 6.45) is 6.48. The summed E-state index contributed by atoms with van der Waals surface area (Å²) in [6.45, 7) is 4.46. The van der Waals surface area contributed by atoms with Gasteiger partial charge in [0.05, 0.1) is 0 Å². The van der Waals surface area contributed by atoms with Crippen molar-refractivity contribution in [1.29, 1.82) is 0 Å². The van der Waals surface area contributed by atoms with Crippen molar-refractivity contribution in [3.63, 3.8) is 0 Å². The van der Waals surface area contributed by atoms with E-state index >= 15 is 0 Å². The van der Waals surface area contributed by atoms with Gasteiger partial charge in [-0.25, -0.2) is 0 Å². The third kappa shape index (κ3) is 4.24. The lowest BCUT2D eigenvalue weighted by atomic mass is 10.2. The third-order valence-electron chi connectivity index (χ3n) is 3.50. The fourth-order valence-electron chi connectivity index (χ4n) is 2.33. The van der Waals surface area contributed by atoms with Gasteiger partial charge in [-0.2, -0.15) is 0 Å². The van der Waals surface area contributed by atoms with Crippen LogP contribution in [0.15, 0.2) is 56.0 Å². The number of rotatable bonds is 6. The van der Waals surface area contributed by atoms with Crippen molar-refractivity contribution in [2.24, 2.45) is 0 Å². The third-order valence-corrected chi connectivity index (χ3v) is 6.16. The number of hydrogen-bond acceptors (Lipinski definition) is 3. The zero-order valence-corrected chi connectivity index (χ0v) is 15.6. The van der Waals surface area contributed by atoms with Crippen LogP contribution < -0.4 is 0 Å². The average molecular weight is 335 g/mol. The van der Waals surface area contributed by atoms with Gasteiger partial charge in [-0.1, -0.05) is 25.6 Å². The van der Waals surface area contributed by atoms with Crippen LogP contribution in [0.5, 0.6) is 0 Å². The van der Waals surface area contributed by atoms with Crippen molar-refractivity contribution in [1.82, 2.24) is 0 Å². The second-order valence-corrected chi connectivity index (χ2v) is 7.60. The minimum atomic E-state index is 1.09. The molecule has 0 aliphatic carbocycles. The van der Waals surface area contributed by atoms with Crippen LogP contribution in [0.1, 0.15) is 25.0 Å². The fourth-order valence-corrected chi connectivity index (χ4v) is 4.61. The Morgan fingerprint density at radius 2 is 1.14 bits per heavy atom. The molecule has 0 bridgehead atoms. The highest BCUT2D eigenvalue weighted by Gasteiger charge is 2.06. The highest BCUT2D eigenvalue weighted by molar-refractivity contribution is 7.99. The van der Waals surface area contributed by atoms with E-state index in [-0.39, 0.29) is 0 Å². The first kappa shape index (κ1) is 16.9. The van der Waals surface area contributed by atoms with E-state index < -0.39 is 0 Å². The van der Waals surface area contributed by atoms with Gasteiger partial charge in [0, 0.05) is 19.6 Å². The summed E-state index contributed by atoms with van der Waals surface area (Å²) in [5, 5.41) is 0. The minimum absolute atomic E-state index is 1.09. The molecule has 0 aliphatic rings. The van der Waals surface area contributed by atoms with Gasteiger partial charge in [0.15, 0.2) is 0 Å². The average Bonchev–Trinajstić information content (AvgIpc) is 2.54. The molecule has 0 aromatic heterocycles. The topological polar surface area (TPSA) is 0 Å². The molecule has 0 nitrogen and oxygen atoms in total. The molecule has 0 heterocycles. The van der Waals surface area contributed by atoms with E-state index in [9.17, 15) is 0 Å². The lowest BCUT2D eigenvalue weighted by Gasteiger charge is -2.10. The summed E-state index contributed by atoms with van der Waals surface area (Å²) in [4.78, 5) is 5.47. The Kier molecular flexibility index (Phi) is 6.59. The van der Waals surface area contributed by atoms with Crippen LogP contribution in [0.2, 0.25) is 0 Å². The molecule has 0 fully saturated rings. The van der Waals surface area contributed by atoms with Crippen LogP contribution in [-0.4, -0.2) is 12.5 Å². The molecular formula is C18H22S3. The Morgan fingerprint density at radius 3 is 1.48 bits per heavy atom. The molecule has 0 N–H and O–H groups in total. The van der Waals surface area contributed by atoms with Crippen molar-refractivity contribution in [3.05, 3.63) is 47.5 Å². The van der Waals surface area contributed by atoms with Gasteiger partial charge in [-0.05, 0) is 72.9 Å². The van der Waals surface area contributed by atoms with Crippen LogP contribution in [-0.2, 0) is 12.8 Å². The predicted octanol–water partition coefficient (Wildman–Crippen LogP) is 6.41. The highest BCUT2D eigenvalue weighted by atomic mass is 32.2. The Bertz CT molecular complexity index is 552. The van der Waals surface area contributed by atoms with Crippen LogP contribution in [0.25, 0.3) is 0 Å². The van der Waals surface area contributed by atoms with Crippen molar-refractivity contribution in [2.75, 3.05) is 12.5 Å². The first-order chi connectivity index (χ1) is 10.2. The minimum Gasteiger partial charge on any atom is -0.129 e. The van der Waals surface area contributed by atoms with Crippen molar-refractivity contribution in [2.45, 2.75) is 46.3 Å². The van der Waals surface area contributed by atoms with E-state index in [1.807, 2.05) is 35.3 Å². The summed E-state index contributed by atoms with van der Waals surface area (Å²) in [6, 6.07) is 13.7. The quantitative estimate of drug-likeness (QED) is 0.560. The van der Waals surface area contributed by atoms with E-state index in [2.05, 4.69) is 62.8 Å². The zero-order valence-electron chi connectivity index (χ0n) is 13.1. The van der Waals surface area contributed by atoms with Gasteiger partial charge in [0.1, 0.15) is 0 Å². The Labute approximate surface area is 141 Å². The number of benzene rings is 2. The maximum Gasteiger partial charge on any atom is 0.0125 e. The van der Waals surface area contributed by atoms with Gasteiger partial charge >= 0.3 is 0 Å². The Morgan fingerprint density at radius 1 is 0.714 bits per heavy atom. The fraction of sp³-hybridized carbons (Fsp3) is 0.333. The molecular weight excluding hydrogens is 312 g/mol.